The Balaban J connectivity index is 1.44. The molecule has 8 nitrogen and oxygen atoms in total. The lowest BCUT2D eigenvalue weighted by molar-refractivity contribution is -0.130. The van der Waals surface area contributed by atoms with Gasteiger partial charge < -0.3 is 10.3 Å². The lowest BCUT2D eigenvalue weighted by Crippen LogP contribution is -2.47. The number of sulfonamides is 1. The molecule has 1 saturated heterocycles. The summed E-state index contributed by atoms with van der Waals surface area (Å²) in [4.78, 5) is 11.9. The third-order valence-electron chi connectivity index (χ3n) is 4.81. The second kappa shape index (κ2) is 7.01. The van der Waals surface area contributed by atoms with Crippen LogP contribution in [0.15, 0.2) is 24.7 Å². The summed E-state index contributed by atoms with van der Waals surface area (Å²) in [5.41, 5.74) is 2.47. The van der Waals surface area contributed by atoms with Crippen LogP contribution in [0.25, 0.3) is 16.7 Å². The summed E-state index contributed by atoms with van der Waals surface area (Å²) in [6.07, 6.45) is 0.481. The van der Waals surface area contributed by atoms with Crippen molar-refractivity contribution in [2.24, 2.45) is 0 Å². The number of piperidine rings is 1. The second-order valence-corrected chi connectivity index (χ2v) is 8.76. The van der Waals surface area contributed by atoms with Crippen LogP contribution < -0.4 is 10.0 Å². The van der Waals surface area contributed by atoms with E-state index in [2.05, 4.69) is 25.0 Å². The predicted molar refractivity (Wildman–Crippen MR) is 96.2 cm³/mol. The molecule has 28 heavy (non-hydrogen) atoms. The summed E-state index contributed by atoms with van der Waals surface area (Å²) in [6, 6.07) is 1.36. The molecule has 0 aromatic carbocycles. The van der Waals surface area contributed by atoms with Crippen molar-refractivity contribution in [2.75, 3.05) is 12.3 Å². The van der Waals surface area contributed by atoms with Gasteiger partial charge in [0.05, 0.1) is 41.6 Å². The van der Waals surface area contributed by atoms with Crippen molar-refractivity contribution >= 4 is 26.7 Å². The standard InChI is InChI=1S/C16H19F3N6O2S/c17-16(18,19)4-6-28(26,27)24-10-1-2-12(21-7-10)15-23-9-11-8-22-14-13(25(11)15)3-5-20-14/h3,5,8-10,12,20-21,24H,1-2,4,6-7H2. The molecule has 3 aromatic heterocycles. The van der Waals surface area contributed by atoms with E-state index in [1.165, 1.54) is 0 Å². The fraction of sp³-hybridized carbons (Fsp3) is 0.500. The summed E-state index contributed by atoms with van der Waals surface area (Å²) in [5.74, 6) is -0.167. The molecule has 1 fully saturated rings. The molecule has 0 spiro atoms. The van der Waals surface area contributed by atoms with Crippen LogP contribution in [0.2, 0.25) is 0 Å². The van der Waals surface area contributed by atoms with Gasteiger partial charge in [0.25, 0.3) is 0 Å². The first-order valence-corrected chi connectivity index (χ1v) is 10.5. The first kappa shape index (κ1) is 19.2. The minimum Gasteiger partial charge on any atom is -0.345 e. The average molecular weight is 416 g/mol. The van der Waals surface area contributed by atoms with E-state index in [1.54, 1.807) is 18.6 Å². The van der Waals surface area contributed by atoms with E-state index < -0.39 is 34.4 Å². The zero-order valence-electron chi connectivity index (χ0n) is 14.7. The van der Waals surface area contributed by atoms with Crippen molar-refractivity contribution < 1.29 is 21.6 Å². The molecule has 3 N–H and O–H groups in total. The van der Waals surface area contributed by atoms with E-state index in [9.17, 15) is 21.6 Å². The van der Waals surface area contributed by atoms with E-state index in [4.69, 9.17) is 0 Å². The molecule has 1 aliphatic rings. The molecule has 4 rings (SSSR count). The maximum Gasteiger partial charge on any atom is 0.390 e. The van der Waals surface area contributed by atoms with Crippen molar-refractivity contribution in [3.63, 3.8) is 0 Å². The van der Waals surface area contributed by atoms with Gasteiger partial charge in [0.2, 0.25) is 10.0 Å². The summed E-state index contributed by atoms with van der Waals surface area (Å²) in [5, 5.41) is 3.25. The van der Waals surface area contributed by atoms with Gasteiger partial charge in [0, 0.05) is 18.8 Å². The highest BCUT2D eigenvalue weighted by Crippen LogP contribution is 2.26. The Hall–Kier alpha value is -2.18. The molecular weight excluding hydrogens is 397 g/mol. The number of halogens is 3. The number of hydrogen-bond donors (Lipinski definition) is 3. The Morgan fingerprint density at radius 1 is 1.25 bits per heavy atom. The molecule has 0 saturated carbocycles. The maximum atomic E-state index is 12.3. The number of rotatable bonds is 5. The van der Waals surface area contributed by atoms with Crippen LogP contribution in [-0.4, -0.2) is 52.3 Å². The van der Waals surface area contributed by atoms with Crippen molar-refractivity contribution in [1.29, 1.82) is 0 Å². The quantitative estimate of drug-likeness (QED) is 0.589. The number of hydrogen-bond acceptors (Lipinski definition) is 5. The van der Waals surface area contributed by atoms with E-state index in [-0.39, 0.29) is 6.04 Å². The van der Waals surface area contributed by atoms with Crippen LogP contribution in [0, 0.1) is 0 Å². The maximum absolute atomic E-state index is 12.3. The molecule has 0 amide bonds. The molecule has 1 aliphatic heterocycles. The number of nitrogens with zero attached hydrogens (tertiary/aromatic N) is 3. The predicted octanol–water partition coefficient (Wildman–Crippen LogP) is 1.88. The first-order chi connectivity index (χ1) is 13.2. The zero-order chi connectivity index (χ0) is 19.9. The lowest BCUT2D eigenvalue weighted by atomic mass is 10.0. The Bertz CT molecular complexity index is 1080. The van der Waals surface area contributed by atoms with Crippen LogP contribution in [0.3, 0.4) is 0 Å². The first-order valence-electron chi connectivity index (χ1n) is 8.81. The van der Waals surface area contributed by atoms with Gasteiger partial charge in [-0.3, -0.25) is 4.40 Å². The van der Waals surface area contributed by atoms with Crippen LogP contribution in [0.5, 0.6) is 0 Å². The fourth-order valence-corrected chi connectivity index (χ4v) is 4.81. The number of alkyl halides is 3. The second-order valence-electron chi connectivity index (χ2n) is 6.88. The number of nitrogens with one attached hydrogen (secondary N) is 3. The Kier molecular flexibility index (Phi) is 4.79. The third kappa shape index (κ3) is 3.98. The number of imidazole rings is 1. The Labute approximate surface area is 158 Å². The molecule has 0 radical (unpaired) electrons. The number of aromatic amines is 1. The molecular formula is C16H19F3N6O2S. The van der Waals surface area contributed by atoms with Crippen molar-refractivity contribution in [3.05, 3.63) is 30.5 Å². The van der Waals surface area contributed by atoms with Gasteiger partial charge >= 0.3 is 6.18 Å². The van der Waals surface area contributed by atoms with E-state index in [0.29, 0.717) is 19.4 Å². The fourth-order valence-electron chi connectivity index (χ4n) is 3.49. The molecule has 2 unspecified atom stereocenters. The summed E-state index contributed by atoms with van der Waals surface area (Å²) < 4.78 is 64.9. The van der Waals surface area contributed by atoms with Crippen LogP contribution >= 0.6 is 0 Å². The molecule has 12 heteroatoms. The third-order valence-corrected chi connectivity index (χ3v) is 6.25. The van der Waals surface area contributed by atoms with E-state index in [1.807, 2.05) is 10.5 Å². The van der Waals surface area contributed by atoms with Gasteiger partial charge in [0.15, 0.2) is 5.65 Å². The van der Waals surface area contributed by atoms with Crippen molar-refractivity contribution in [2.45, 2.75) is 37.5 Å². The number of aromatic nitrogens is 4. The van der Waals surface area contributed by atoms with E-state index in [0.717, 1.165) is 22.5 Å². The van der Waals surface area contributed by atoms with Gasteiger partial charge in [-0.2, -0.15) is 13.2 Å². The molecule has 2 atom stereocenters. The van der Waals surface area contributed by atoms with Crippen molar-refractivity contribution in [3.8, 4) is 0 Å². The molecule has 0 aliphatic carbocycles. The van der Waals surface area contributed by atoms with Crippen LogP contribution in [0.1, 0.15) is 31.1 Å². The number of H-pyrrole nitrogens is 1. The normalized spacial score (nSPS) is 21.5. The lowest BCUT2D eigenvalue weighted by Gasteiger charge is -2.29. The minimum absolute atomic E-state index is 0.0982. The Morgan fingerprint density at radius 3 is 2.75 bits per heavy atom. The summed E-state index contributed by atoms with van der Waals surface area (Å²) >= 11 is 0. The average Bonchev–Trinajstić information content (AvgIpc) is 3.26. The van der Waals surface area contributed by atoms with Crippen molar-refractivity contribution in [1.82, 2.24) is 29.4 Å². The largest absolute Gasteiger partial charge is 0.390 e. The van der Waals surface area contributed by atoms with Gasteiger partial charge in [-0.1, -0.05) is 0 Å². The van der Waals surface area contributed by atoms with Crippen LogP contribution in [-0.2, 0) is 10.0 Å². The monoisotopic (exact) mass is 416 g/mol. The SMILES string of the molecule is O=S(=O)(CCC(F)(F)F)NC1CCC(c2ncc3cnc4[nH]ccc4n23)NC1. The van der Waals surface area contributed by atoms with Gasteiger partial charge in [-0.15, -0.1) is 0 Å². The molecule has 3 aromatic rings. The molecule has 4 heterocycles. The summed E-state index contributed by atoms with van der Waals surface area (Å²) in [6.45, 7) is 0.312. The minimum atomic E-state index is -4.50. The highest BCUT2D eigenvalue weighted by atomic mass is 32.2. The van der Waals surface area contributed by atoms with Crippen LogP contribution in [0.4, 0.5) is 13.2 Å². The molecule has 152 valence electrons. The highest BCUT2D eigenvalue weighted by molar-refractivity contribution is 7.89. The topological polar surface area (TPSA) is 104 Å². The van der Waals surface area contributed by atoms with E-state index >= 15 is 0 Å². The highest BCUT2D eigenvalue weighted by Gasteiger charge is 2.32. The Morgan fingerprint density at radius 2 is 2.04 bits per heavy atom. The summed E-state index contributed by atoms with van der Waals surface area (Å²) in [7, 11) is -3.98. The smallest absolute Gasteiger partial charge is 0.345 e. The van der Waals surface area contributed by atoms with Gasteiger partial charge in [0.1, 0.15) is 5.82 Å². The van der Waals surface area contributed by atoms with Gasteiger partial charge in [-0.05, 0) is 18.9 Å². The zero-order valence-corrected chi connectivity index (χ0v) is 15.5. The molecule has 0 bridgehead atoms. The number of fused-ring (bicyclic) bond motifs is 3. The van der Waals surface area contributed by atoms with Gasteiger partial charge in [-0.25, -0.2) is 23.1 Å².